The first-order valence-corrected chi connectivity index (χ1v) is 8.07. The standard InChI is InChI=1S/C16H21BrN2O2/c1-4-11(3)18-14(20)16(7-8-16)15(21)19-12-5-6-13(17)10(2)9-12/h5-6,9,11H,4,7-8H2,1-3H3,(H,18,20)(H,19,21). The molecule has 4 nitrogen and oxygen atoms in total. The van der Waals surface area contributed by atoms with E-state index in [1.54, 1.807) is 0 Å². The Labute approximate surface area is 133 Å². The van der Waals surface area contributed by atoms with Crippen LogP contribution in [0.5, 0.6) is 0 Å². The molecular formula is C16H21BrN2O2. The third-order valence-corrected chi connectivity index (χ3v) is 4.91. The predicted molar refractivity (Wildman–Crippen MR) is 87.1 cm³/mol. The van der Waals surface area contributed by atoms with Gasteiger partial charge in [-0.25, -0.2) is 0 Å². The van der Waals surface area contributed by atoms with Crippen LogP contribution in [-0.4, -0.2) is 17.9 Å². The molecule has 0 bridgehead atoms. The Balaban J connectivity index is 2.05. The summed E-state index contributed by atoms with van der Waals surface area (Å²) in [7, 11) is 0. The fourth-order valence-corrected chi connectivity index (χ4v) is 2.37. The van der Waals surface area contributed by atoms with Gasteiger partial charge in [0.25, 0.3) is 0 Å². The van der Waals surface area contributed by atoms with Crippen molar-refractivity contribution in [2.24, 2.45) is 5.41 Å². The first-order chi connectivity index (χ1) is 9.89. The lowest BCUT2D eigenvalue weighted by Gasteiger charge is -2.18. The summed E-state index contributed by atoms with van der Waals surface area (Å²) in [5.41, 5.74) is 0.898. The molecule has 2 rings (SSSR count). The molecule has 1 atom stereocenters. The van der Waals surface area contributed by atoms with Crippen molar-refractivity contribution in [1.82, 2.24) is 5.32 Å². The molecule has 0 saturated heterocycles. The second kappa shape index (κ2) is 6.18. The minimum Gasteiger partial charge on any atom is -0.353 e. The van der Waals surface area contributed by atoms with E-state index in [1.165, 1.54) is 0 Å². The van der Waals surface area contributed by atoms with Crippen LogP contribution in [0.1, 0.15) is 38.7 Å². The second-order valence-corrected chi connectivity index (χ2v) is 6.64. The zero-order valence-corrected chi connectivity index (χ0v) is 14.2. The van der Waals surface area contributed by atoms with Crippen molar-refractivity contribution >= 4 is 33.4 Å². The summed E-state index contributed by atoms with van der Waals surface area (Å²) in [5, 5.41) is 5.78. The van der Waals surface area contributed by atoms with Crippen LogP contribution in [0.2, 0.25) is 0 Å². The van der Waals surface area contributed by atoms with Crippen molar-refractivity contribution in [3.63, 3.8) is 0 Å². The highest BCUT2D eigenvalue weighted by Crippen LogP contribution is 2.47. The molecule has 0 aromatic heterocycles. The minimum atomic E-state index is -0.871. The third-order valence-electron chi connectivity index (χ3n) is 4.02. The number of aryl methyl sites for hydroxylation is 1. The average molecular weight is 353 g/mol. The van der Waals surface area contributed by atoms with Crippen LogP contribution in [-0.2, 0) is 9.59 Å². The molecule has 2 amide bonds. The highest BCUT2D eigenvalue weighted by atomic mass is 79.9. The number of nitrogens with one attached hydrogen (secondary N) is 2. The van der Waals surface area contributed by atoms with Crippen LogP contribution in [0.3, 0.4) is 0 Å². The molecule has 0 spiro atoms. The fraction of sp³-hybridized carbons (Fsp3) is 0.500. The van der Waals surface area contributed by atoms with Crippen molar-refractivity contribution < 1.29 is 9.59 Å². The molecule has 1 aromatic carbocycles. The zero-order chi connectivity index (χ0) is 15.6. The monoisotopic (exact) mass is 352 g/mol. The lowest BCUT2D eigenvalue weighted by atomic mass is 10.0. The van der Waals surface area contributed by atoms with Crippen molar-refractivity contribution in [2.75, 3.05) is 5.32 Å². The fourth-order valence-electron chi connectivity index (χ4n) is 2.12. The lowest BCUT2D eigenvalue weighted by Crippen LogP contribution is -2.43. The van der Waals surface area contributed by atoms with E-state index < -0.39 is 5.41 Å². The minimum absolute atomic E-state index is 0.0951. The number of carbonyl (C=O) groups is 2. The van der Waals surface area contributed by atoms with Crippen LogP contribution >= 0.6 is 15.9 Å². The van der Waals surface area contributed by atoms with E-state index in [4.69, 9.17) is 0 Å². The predicted octanol–water partition coefficient (Wildman–Crippen LogP) is 3.39. The summed E-state index contributed by atoms with van der Waals surface area (Å²) >= 11 is 3.43. The van der Waals surface area contributed by atoms with Gasteiger partial charge in [-0.3, -0.25) is 9.59 Å². The third kappa shape index (κ3) is 3.46. The van der Waals surface area contributed by atoms with Crippen molar-refractivity contribution in [2.45, 2.75) is 46.1 Å². The van der Waals surface area contributed by atoms with Gasteiger partial charge in [0.2, 0.25) is 11.8 Å². The Kier molecular flexibility index (Phi) is 4.71. The van der Waals surface area contributed by atoms with E-state index in [2.05, 4.69) is 26.6 Å². The molecule has 114 valence electrons. The molecule has 1 saturated carbocycles. The van der Waals surface area contributed by atoms with E-state index >= 15 is 0 Å². The maximum Gasteiger partial charge on any atom is 0.240 e. The number of anilines is 1. The van der Waals surface area contributed by atoms with Crippen molar-refractivity contribution in [3.8, 4) is 0 Å². The van der Waals surface area contributed by atoms with Crippen LogP contribution in [0.25, 0.3) is 0 Å². The summed E-state index contributed by atoms with van der Waals surface area (Å²) in [6.07, 6.45) is 2.10. The summed E-state index contributed by atoms with van der Waals surface area (Å²) in [6.45, 7) is 5.92. The van der Waals surface area contributed by atoms with E-state index in [0.717, 1.165) is 22.1 Å². The maximum absolute atomic E-state index is 12.4. The average Bonchev–Trinajstić information content (AvgIpc) is 3.24. The highest BCUT2D eigenvalue weighted by Gasteiger charge is 2.56. The van der Waals surface area contributed by atoms with Crippen LogP contribution in [0, 0.1) is 12.3 Å². The van der Waals surface area contributed by atoms with Gasteiger partial charge < -0.3 is 10.6 Å². The first kappa shape index (κ1) is 16.0. The zero-order valence-electron chi connectivity index (χ0n) is 12.6. The number of benzene rings is 1. The molecule has 1 aliphatic carbocycles. The lowest BCUT2D eigenvalue weighted by molar-refractivity contribution is -0.134. The topological polar surface area (TPSA) is 58.2 Å². The number of rotatable bonds is 5. The summed E-state index contributed by atoms with van der Waals surface area (Å²) in [6, 6.07) is 5.71. The van der Waals surface area contributed by atoms with E-state index in [0.29, 0.717) is 12.8 Å². The number of amides is 2. The van der Waals surface area contributed by atoms with E-state index in [-0.39, 0.29) is 17.9 Å². The number of hydrogen-bond donors (Lipinski definition) is 2. The van der Waals surface area contributed by atoms with Crippen LogP contribution < -0.4 is 10.6 Å². The molecule has 1 aromatic rings. The molecule has 0 aliphatic heterocycles. The van der Waals surface area contributed by atoms with Gasteiger partial charge in [0.15, 0.2) is 0 Å². The molecule has 1 unspecified atom stereocenters. The Morgan fingerprint density at radius 2 is 2.00 bits per heavy atom. The van der Waals surface area contributed by atoms with Gasteiger partial charge in [0.1, 0.15) is 5.41 Å². The molecule has 0 heterocycles. The van der Waals surface area contributed by atoms with Gasteiger partial charge in [-0.1, -0.05) is 22.9 Å². The largest absolute Gasteiger partial charge is 0.353 e. The van der Waals surface area contributed by atoms with Gasteiger partial charge in [0, 0.05) is 16.2 Å². The van der Waals surface area contributed by atoms with Crippen molar-refractivity contribution in [1.29, 1.82) is 0 Å². The Hall–Kier alpha value is -1.36. The number of hydrogen-bond acceptors (Lipinski definition) is 2. The summed E-state index contributed by atoms with van der Waals surface area (Å²) < 4.78 is 0.996. The van der Waals surface area contributed by atoms with Crippen LogP contribution in [0.15, 0.2) is 22.7 Å². The van der Waals surface area contributed by atoms with Crippen LogP contribution in [0.4, 0.5) is 5.69 Å². The van der Waals surface area contributed by atoms with Gasteiger partial charge in [-0.2, -0.15) is 0 Å². The molecule has 1 aliphatic rings. The molecule has 21 heavy (non-hydrogen) atoms. The summed E-state index contributed by atoms with van der Waals surface area (Å²) in [5.74, 6) is -0.354. The smallest absolute Gasteiger partial charge is 0.240 e. The van der Waals surface area contributed by atoms with Crippen molar-refractivity contribution in [3.05, 3.63) is 28.2 Å². The highest BCUT2D eigenvalue weighted by molar-refractivity contribution is 9.10. The Bertz CT molecular complexity index is 567. The Morgan fingerprint density at radius 1 is 1.33 bits per heavy atom. The molecule has 0 radical (unpaired) electrons. The van der Waals surface area contributed by atoms with E-state index in [1.807, 2.05) is 39.0 Å². The van der Waals surface area contributed by atoms with Gasteiger partial charge >= 0.3 is 0 Å². The Morgan fingerprint density at radius 3 is 2.52 bits per heavy atom. The van der Waals surface area contributed by atoms with E-state index in [9.17, 15) is 9.59 Å². The molecular weight excluding hydrogens is 332 g/mol. The molecule has 5 heteroatoms. The maximum atomic E-state index is 12.4. The molecule has 2 N–H and O–H groups in total. The van der Waals surface area contributed by atoms with Gasteiger partial charge in [-0.15, -0.1) is 0 Å². The second-order valence-electron chi connectivity index (χ2n) is 5.78. The van der Waals surface area contributed by atoms with Gasteiger partial charge in [-0.05, 0) is 56.9 Å². The molecule has 1 fully saturated rings. The normalized spacial score (nSPS) is 17.0. The quantitative estimate of drug-likeness (QED) is 0.798. The number of halogens is 1. The first-order valence-electron chi connectivity index (χ1n) is 7.27. The SMILES string of the molecule is CCC(C)NC(=O)C1(C(=O)Nc2ccc(Br)c(C)c2)CC1. The number of carbonyl (C=O) groups excluding carboxylic acids is 2. The van der Waals surface area contributed by atoms with Gasteiger partial charge in [0.05, 0.1) is 0 Å². The summed E-state index contributed by atoms with van der Waals surface area (Å²) in [4.78, 5) is 24.7.